The summed E-state index contributed by atoms with van der Waals surface area (Å²) in [6.07, 6.45) is 2.23. The number of carbonyl (C=O) groups excluding carboxylic acids is 5. The molecule has 0 radical (unpaired) electrons. The number of likely N-dealkylation sites (N-methyl/N-ethyl adjacent to an activating group) is 2. The maximum absolute atomic E-state index is 14.7. The van der Waals surface area contributed by atoms with E-state index in [2.05, 4.69) is 15.4 Å². The third-order valence-electron chi connectivity index (χ3n) is 9.45. The lowest BCUT2D eigenvalue weighted by atomic mass is 9.76. The summed E-state index contributed by atoms with van der Waals surface area (Å²) in [6, 6.07) is 3.37. The molecule has 2 aromatic rings. The molecule has 0 aliphatic rings. The van der Waals surface area contributed by atoms with Crippen molar-refractivity contribution in [3.05, 3.63) is 47.7 Å². The fourth-order valence-electron chi connectivity index (χ4n) is 6.46. The molecule has 14 heteroatoms. The summed E-state index contributed by atoms with van der Waals surface area (Å²) in [6.45, 7) is 19.6. The van der Waals surface area contributed by atoms with Crippen LogP contribution in [0.1, 0.15) is 88.1 Å². The molecule has 0 bridgehead atoms. The molecular weight excluding hydrogens is 694 g/mol. The van der Waals surface area contributed by atoms with Crippen LogP contribution in [-0.2, 0) is 45.9 Å². The Labute approximate surface area is 319 Å². The van der Waals surface area contributed by atoms with Gasteiger partial charge in [-0.25, -0.2) is 9.59 Å². The van der Waals surface area contributed by atoms with Gasteiger partial charge in [0.15, 0.2) is 0 Å². The minimum atomic E-state index is -1.52. The molecule has 0 saturated carbocycles. The monoisotopic (exact) mass is 755 g/mol. The third-order valence-corrected chi connectivity index (χ3v) is 9.45. The smallest absolute Gasteiger partial charge is 0.410 e. The minimum absolute atomic E-state index is 0.122. The first kappa shape index (κ1) is 45.3. The first-order valence-corrected chi connectivity index (χ1v) is 18.0. The average Bonchev–Trinajstić information content (AvgIpc) is 3.40. The number of carboxylic acids is 1. The number of aliphatic carboxylic acids is 1. The summed E-state index contributed by atoms with van der Waals surface area (Å²) < 4.78 is 12.2. The standard InChI is InChI=1S/C40H61N5O9/c1-23(2)29(20-24(3)33(47)41-27(36(50)51)21-30(46)53-15)44(13)35(49)31(38(4,5)6)42-34(48)32(45(14)37(52)54-39(7,8)9)40(10,11)26-22-43(12)28-19-17-16-18-25(26)28/h16-20,22-23,27,29,31-32H,21H2,1-15H3,(H,41,47)(H,42,48)(H,50,51)/b24-20+/t27?,29-,31-,32-/m1/s1. The second-order valence-corrected chi connectivity index (χ2v) is 16.9. The molecule has 1 unspecified atom stereocenters. The predicted octanol–water partition coefficient (Wildman–Crippen LogP) is 4.78. The van der Waals surface area contributed by atoms with Crippen LogP contribution >= 0.6 is 0 Å². The zero-order valence-electron chi connectivity index (χ0n) is 34.6. The zero-order chi connectivity index (χ0) is 41.7. The Balaban J connectivity index is 2.58. The van der Waals surface area contributed by atoms with E-state index in [0.29, 0.717) is 0 Å². The van der Waals surface area contributed by atoms with Crippen LogP contribution in [0.2, 0.25) is 0 Å². The van der Waals surface area contributed by atoms with Crippen molar-refractivity contribution in [1.29, 1.82) is 0 Å². The van der Waals surface area contributed by atoms with Crippen molar-refractivity contribution in [1.82, 2.24) is 25.0 Å². The van der Waals surface area contributed by atoms with Gasteiger partial charge in [0.25, 0.3) is 0 Å². The van der Waals surface area contributed by atoms with Gasteiger partial charge in [-0.2, -0.15) is 0 Å². The Morgan fingerprint density at radius 2 is 1.50 bits per heavy atom. The largest absolute Gasteiger partial charge is 0.480 e. The van der Waals surface area contributed by atoms with Crippen LogP contribution in [0.25, 0.3) is 10.9 Å². The molecule has 3 N–H and O–H groups in total. The molecule has 54 heavy (non-hydrogen) atoms. The molecular formula is C40H61N5O9. The predicted molar refractivity (Wildman–Crippen MR) is 206 cm³/mol. The Bertz CT molecular complexity index is 1750. The maximum Gasteiger partial charge on any atom is 0.410 e. The number of benzene rings is 1. The highest BCUT2D eigenvalue weighted by Crippen LogP contribution is 2.37. The van der Waals surface area contributed by atoms with Gasteiger partial charge in [0.1, 0.15) is 23.7 Å². The van der Waals surface area contributed by atoms with E-state index >= 15 is 0 Å². The normalized spacial score (nSPS) is 14.8. The Morgan fingerprint density at radius 3 is 2.00 bits per heavy atom. The highest BCUT2D eigenvalue weighted by Gasteiger charge is 2.47. The number of aryl methyl sites for hydroxylation is 1. The van der Waals surface area contributed by atoms with Crippen molar-refractivity contribution < 1.29 is 43.3 Å². The fourth-order valence-corrected chi connectivity index (χ4v) is 6.46. The van der Waals surface area contributed by atoms with Gasteiger partial charge < -0.3 is 34.7 Å². The van der Waals surface area contributed by atoms with Gasteiger partial charge >= 0.3 is 18.0 Å². The summed E-state index contributed by atoms with van der Waals surface area (Å²) >= 11 is 0. The molecule has 4 atom stereocenters. The van der Waals surface area contributed by atoms with Gasteiger partial charge in [0.05, 0.1) is 19.6 Å². The van der Waals surface area contributed by atoms with Gasteiger partial charge in [-0.1, -0.05) is 72.7 Å². The number of carbonyl (C=O) groups is 6. The molecule has 0 spiro atoms. The molecule has 4 amide bonds. The molecule has 1 aromatic heterocycles. The molecule has 1 aromatic carbocycles. The number of carboxylic acid groups (broad SMARTS) is 1. The number of nitrogens with zero attached hydrogens (tertiary/aromatic N) is 3. The lowest BCUT2D eigenvalue weighted by Gasteiger charge is -2.42. The second-order valence-electron chi connectivity index (χ2n) is 16.9. The zero-order valence-corrected chi connectivity index (χ0v) is 34.6. The summed E-state index contributed by atoms with van der Waals surface area (Å²) in [5.74, 6) is -4.18. The van der Waals surface area contributed by atoms with E-state index in [1.807, 2.05) is 90.5 Å². The van der Waals surface area contributed by atoms with Crippen LogP contribution in [0.5, 0.6) is 0 Å². The first-order valence-electron chi connectivity index (χ1n) is 18.0. The van der Waals surface area contributed by atoms with Gasteiger partial charge in [-0.15, -0.1) is 0 Å². The van der Waals surface area contributed by atoms with Crippen molar-refractivity contribution in [2.75, 3.05) is 21.2 Å². The number of ether oxygens (including phenoxy) is 2. The van der Waals surface area contributed by atoms with Crippen molar-refractivity contribution in [3.63, 3.8) is 0 Å². The minimum Gasteiger partial charge on any atom is -0.480 e. The van der Waals surface area contributed by atoms with Crippen molar-refractivity contribution in [2.24, 2.45) is 18.4 Å². The molecule has 14 nitrogen and oxygen atoms in total. The molecule has 0 fully saturated rings. The lowest BCUT2D eigenvalue weighted by Crippen LogP contribution is -2.63. The molecule has 1 heterocycles. The van der Waals surface area contributed by atoms with E-state index in [4.69, 9.17) is 4.74 Å². The van der Waals surface area contributed by atoms with E-state index in [0.717, 1.165) is 23.6 Å². The Morgan fingerprint density at radius 1 is 0.926 bits per heavy atom. The van der Waals surface area contributed by atoms with Crippen molar-refractivity contribution >= 4 is 46.7 Å². The number of rotatable bonds is 14. The summed E-state index contributed by atoms with van der Waals surface area (Å²) in [4.78, 5) is 82.1. The highest BCUT2D eigenvalue weighted by atomic mass is 16.6. The van der Waals surface area contributed by atoms with Gasteiger partial charge in [-0.3, -0.25) is 24.1 Å². The summed E-state index contributed by atoms with van der Waals surface area (Å²) in [7, 11) is 6.11. The van der Waals surface area contributed by atoms with Crippen LogP contribution in [0, 0.1) is 11.3 Å². The number of fused-ring (bicyclic) bond motifs is 1. The number of nitrogens with one attached hydrogen (secondary N) is 2. The lowest BCUT2D eigenvalue weighted by molar-refractivity contribution is -0.148. The van der Waals surface area contributed by atoms with Crippen molar-refractivity contribution in [3.8, 4) is 0 Å². The number of hydrogen-bond donors (Lipinski definition) is 3. The van der Waals surface area contributed by atoms with Gasteiger partial charge in [0.2, 0.25) is 17.7 Å². The third kappa shape index (κ3) is 11.1. The number of esters is 1. The fraction of sp³-hybridized carbons (Fsp3) is 0.600. The molecule has 0 saturated heterocycles. The Hall–Kier alpha value is -4.88. The maximum atomic E-state index is 14.7. The quantitative estimate of drug-likeness (QED) is 0.181. The van der Waals surface area contributed by atoms with E-state index in [1.165, 1.54) is 23.8 Å². The van der Waals surface area contributed by atoms with Crippen LogP contribution < -0.4 is 10.6 Å². The number of methoxy groups -OCH3 is 1. The van der Waals surface area contributed by atoms with Gasteiger partial charge in [-0.05, 0) is 50.7 Å². The number of hydrogen-bond acceptors (Lipinski definition) is 8. The van der Waals surface area contributed by atoms with E-state index < -0.39 is 82.8 Å². The molecule has 300 valence electrons. The van der Waals surface area contributed by atoms with E-state index in [-0.39, 0.29) is 11.5 Å². The molecule has 0 aliphatic heterocycles. The highest BCUT2D eigenvalue weighted by molar-refractivity contribution is 5.97. The number of amides is 4. The number of aromatic nitrogens is 1. The second kappa shape index (κ2) is 17.5. The van der Waals surface area contributed by atoms with Crippen LogP contribution in [0.3, 0.4) is 0 Å². The Kier molecular flexibility index (Phi) is 14.7. The summed E-state index contributed by atoms with van der Waals surface area (Å²) in [5, 5.41) is 15.8. The van der Waals surface area contributed by atoms with Crippen LogP contribution in [-0.4, -0.2) is 106 Å². The SMILES string of the molecule is COC(=O)CC(NC(=O)/C(C)=C/[C@H](C(C)C)N(C)C(=O)[C@@H](NC(=O)[C@@H](N(C)C(=O)OC(C)(C)C)C(C)(C)c1cn(C)c2ccccc12)C(C)(C)C)C(=O)O. The van der Waals surface area contributed by atoms with E-state index in [1.54, 1.807) is 33.9 Å². The topological polar surface area (TPSA) is 177 Å². The summed E-state index contributed by atoms with van der Waals surface area (Å²) in [5.41, 5.74) is -0.766. The molecule has 2 rings (SSSR count). The van der Waals surface area contributed by atoms with E-state index in [9.17, 15) is 33.9 Å². The van der Waals surface area contributed by atoms with Crippen LogP contribution in [0.15, 0.2) is 42.1 Å². The van der Waals surface area contributed by atoms with Crippen LogP contribution in [0.4, 0.5) is 4.79 Å². The molecule has 0 aliphatic carbocycles. The van der Waals surface area contributed by atoms with Gasteiger partial charge in [0, 0.05) is 49.2 Å². The number of para-hydroxylation sites is 1. The first-order chi connectivity index (χ1) is 24.6. The average molecular weight is 756 g/mol. The van der Waals surface area contributed by atoms with Crippen molar-refractivity contribution in [2.45, 2.75) is 118 Å².